The van der Waals surface area contributed by atoms with E-state index < -0.39 is 15.7 Å². The van der Waals surface area contributed by atoms with Crippen molar-refractivity contribution in [2.75, 3.05) is 32.3 Å². The molecule has 0 aliphatic heterocycles. The summed E-state index contributed by atoms with van der Waals surface area (Å²) >= 11 is 1.55. The van der Waals surface area contributed by atoms with Crippen LogP contribution in [0.3, 0.4) is 0 Å². The number of anilines is 1. The zero-order valence-electron chi connectivity index (χ0n) is 16.2. The van der Waals surface area contributed by atoms with Gasteiger partial charge in [0, 0.05) is 39.3 Å². The molecule has 1 aromatic heterocycles. The van der Waals surface area contributed by atoms with Gasteiger partial charge in [0.15, 0.2) is 20.9 Å². The molecule has 0 aliphatic rings. The molecule has 11 heteroatoms. The standard InChI is InChI=1S/C17H24FN5O2S2.HI/c1-19-16(21-9-15-10-26-17(22-15)23(2)3)20-8-13-7-14(18)6-5-12(13)11-27(4,24)25;/h5-7,10H,8-9,11H2,1-4H3,(H2,19,20,21);1H. The first-order valence-electron chi connectivity index (χ1n) is 8.19. The molecule has 0 unspecified atom stereocenters. The Morgan fingerprint density at radius 1 is 1.25 bits per heavy atom. The molecular formula is C17H25FIN5O2S2. The molecule has 0 saturated heterocycles. The third-order valence-corrected chi connectivity index (χ3v) is 5.51. The van der Waals surface area contributed by atoms with Crippen LogP contribution >= 0.6 is 35.3 Å². The zero-order valence-corrected chi connectivity index (χ0v) is 20.2. The van der Waals surface area contributed by atoms with Crippen molar-refractivity contribution in [3.8, 4) is 0 Å². The van der Waals surface area contributed by atoms with E-state index in [0.717, 1.165) is 17.1 Å². The van der Waals surface area contributed by atoms with Gasteiger partial charge < -0.3 is 15.5 Å². The molecule has 1 heterocycles. The fourth-order valence-corrected chi connectivity index (χ4v) is 3.94. The number of hydrogen-bond acceptors (Lipinski definition) is 6. The molecule has 2 N–H and O–H groups in total. The Morgan fingerprint density at radius 3 is 2.50 bits per heavy atom. The van der Waals surface area contributed by atoms with Gasteiger partial charge in [-0.25, -0.2) is 17.8 Å². The average Bonchev–Trinajstić information content (AvgIpc) is 3.05. The summed E-state index contributed by atoms with van der Waals surface area (Å²) in [5, 5.41) is 9.11. The monoisotopic (exact) mass is 541 g/mol. The lowest BCUT2D eigenvalue weighted by atomic mass is 10.1. The molecule has 2 aromatic rings. The van der Waals surface area contributed by atoms with E-state index in [0.29, 0.717) is 23.6 Å². The molecule has 156 valence electrons. The molecule has 28 heavy (non-hydrogen) atoms. The van der Waals surface area contributed by atoms with Crippen LogP contribution in [0.15, 0.2) is 28.6 Å². The van der Waals surface area contributed by atoms with E-state index in [-0.39, 0.29) is 36.3 Å². The predicted octanol–water partition coefficient (Wildman–Crippen LogP) is 2.38. The molecule has 0 spiro atoms. The lowest BCUT2D eigenvalue weighted by Crippen LogP contribution is -2.36. The molecule has 0 atom stereocenters. The van der Waals surface area contributed by atoms with Crippen LogP contribution in [0, 0.1) is 5.82 Å². The fraction of sp³-hybridized carbons (Fsp3) is 0.412. The van der Waals surface area contributed by atoms with Crippen molar-refractivity contribution in [1.29, 1.82) is 0 Å². The van der Waals surface area contributed by atoms with Crippen LogP contribution in [0.5, 0.6) is 0 Å². The second-order valence-electron chi connectivity index (χ2n) is 6.28. The predicted molar refractivity (Wildman–Crippen MR) is 124 cm³/mol. The maximum Gasteiger partial charge on any atom is 0.191 e. The Labute approximate surface area is 186 Å². The summed E-state index contributed by atoms with van der Waals surface area (Å²) in [7, 11) is 2.28. The number of nitrogens with zero attached hydrogens (tertiary/aromatic N) is 3. The summed E-state index contributed by atoms with van der Waals surface area (Å²) in [4.78, 5) is 10.6. The second-order valence-corrected chi connectivity index (χ2v) is 9.26. The van der Waals surface area contributed by atoms with Crippen molar-refractivity contribution in [2.45, 2.75) is 18.8 Å². The number of aliphatic imine (C=N–C) groups is 1. The van der Waals surface area contributed by atoms with Gasteiger partial charge in [-0.3, -0.25) is 4.99 Å². The minimum atomic E-state index is -3.21. The third-order valence-electron chi connectivity index (χ3n) is 3.62. The first-order valence-corrected chi connectivity index (χ1v) is 11.1. The highest BCUT2D eigenvalue weighted by atomic mass is 127. The molecule has 7 nitrogen and oxygen atoms in total. The van der Waals surface area contributed by atoms with Gasteiger partial charge in [0.25, 0.3) is 0 Å². The molecule has 0 saturated carbocycles. The second kappa shape index (κ2) is 10.9. The van der Waals surface area contributed by atoms with E-state index in [1.165, 1.54) is 18.2 Å². The maximum absolute atomic E-state index is 13.6. The molecule has 0 amide bonds. The molecular weight excluding hydrogens is 516 g/mol. The first-order chi connectivity index (χ1) is 12.7. The van der Waals surface area contributed by atoms with Gasteiger partial charge in [-0.2, -0.15) is 0 Å². The van der Waals surface area contributed by atoms with Crippen molar-refractivity contribution in [2.24, 2.45) is 4.99 Å². The van der Waals surface area contributed by atoms with Crippen LogP contribution in [0.2, 0.25) is 0 Å². The topological polar surface area (TPSA) is 86.7 Å². The highest BCUT2D eigenvalue weighted by Gasteiger charge is 2.11. The maximum atomic E-state index is 13.6. The van der Waals surface area contributed by atoms with Crippen LogP contribution in [0.4, 0.5) is 9.52 Å². The largest absolute Gasteiger partial charge is 0.354 e. The Kier molecular flexibility index (Phi) is 9.57. The number of hydrogen-bond donors (Lipinski definition) is 2. The summed E-state index contributed by atoms with van der Waals surface area (Å²) in [6, 6.07) is 4.11. The van der Waals surface area contributed by atoms with E-state index in [1.807, 2.05) is 24.4 Å². The average molecular weight is 541 g/mol. The van der Waals surface area contributed by atoms with Crippen LogP contribution in [-0.2, 0) is 28.7 Å². The van der Waals surface area contributed by atoms with Gasteiger partial charge in [0.05, 0.1) is 18.0 Å². The quantitative estimate of drug-likeness (QED) is 0.318. The summed E-state index contributed by atoms with van der Waals surface area (Å²) in [5.74, 6) is -0.0303. The highest BCUT2D eigenvalue weighted by Crippen LogP contribution is 2.17. The van der Waals surface area contributed by atoms with Crippen molar-refractivity contribution in [1.82, 2.24) is 15.6 Å². The normalized spacial score (nSPS) is 11.7. The SMILES string of the molecule is CN=C(NCc1csc(N(C)C)n1)NCc1cc(F)ccc1CS(C)(=O)=O.I. The van der Waals surface area contributed by atoms with Gasteiger partial charge in [0.1, 0.15) is 5.82 Å². The number of aromatic nitrogens is 1. The Morgan fingerprint density at radius 2 is 1.93 bits per heavy atom. The number of rotatable bonds is 7. The van der Waals surface area contributed by atoms with Crippen LogP contribution in [0.1, 0.15) is 16.8 Å². The molecule has 0 bridgehead atoms. The summed E-state index contributed by atoms with van der Waals surface area (Å²) in [5.41, 5.74) is 2.03. The van der Waals surface area contributed by atoms with Gasteiger partial charge >= 0.3 is 0 Å². The van der Waals surface area contributed by atoms with Crippen LogP contribution in [-0.4, -0.2) is 46.8 Å². The first kappa shape index (κ1) is 24.6. The summed E-state index contributed by atoms with van der Waals surface area (Å²) in [6.45, 7) is 0.742. The van der Waals surface area contributed by atoms with E-state index in [1.54, 1.807) is 18.4 Å². The van der Waals surface area contributed by atoms with Crippen LogP contribution < -0.4 is 15.5 Å². The lowest BCUT2D eigenvalue weighted by molar-refractivity contribution is 0.599. The Bertz CT molecular complexity index is 916. The fourth-order valence-electron chi connectivity index (χ4n) is 2.34. The molecule has 2 rings (SSSR count). The van der Waals surface area contributed by atoms with E-state index in [9.17, 15) is 12.8 Å². The summed E-state index contributed by atoms with van der Waals surface area (Å²) < 4.78 is 36.8. The van der Waals surface area contributed by atoms with Gasteiger partial charge in [-0.05, 0) is 23.3 Å². The number of thiazole rings is 1. The summed E-state index contributed by atoms with van der Waals surface area (Å²) in [6.07, 6.45) is 1.16. The number of benzene rings is 1. The molecule has 0 fully saturated rings. The van der Waals surface area contributed by atoms with E-state index in [4.69, 9.17) is 0 Å². The molecule has 0 radical (unpaired) electrons. The van der Waals surface area contributed by atoms with Crippen molar-refractivity contribution in [3.63, 3.8) is 0 Å². The molecule has 0 aliphatic carbocycles. The Hall–Kier alpha value is -1.47. The highest BCUT2D eigenvalue weighted by molar-refractivity contribution is 14.0. The number of guanidine groups is 1. The minimum absolute atomic E-state index is 0. The van der Waals surface area contributed by atoms with Gasteiger partial charge in [-0.15, -0.1) is 35.3 Å². The Balaban J connectivity index is 0.00000392. The number of sulfone groups is 1. The van der Waals surface area contributed by atoms with Crippen molar-refractivity contribution in [3.05, 3.63) is 46.2 Å². The van der Waals surface area contributed by atoms with E-state index >= 15 is 0 Å². The van der Waals surface area contributed by atoms with Crippen LogP contribution in [0.25, 0.3) is 0 Å². The lowest BCUT2D eigenvalue weighted by Gasteiger charge is -2.14. The molecule has 1 aromatic carbocycles. The minimum Gasteiger partial charge on any atom is -0.354 e. The zero-order chi connectivity index (χ0) is 20.0. The number of nitrogens with one attached hydrogen (secondary N) is 2. The van der Waals surface area contributed by atoms with Crippen molar-refractivity contribution >= 4 is 56.2 Å². The van der Waals surface area contributed by atoms with E-state index in [2.05, 4.69) is 20.6 Å². The van der Waals surface area contributed by atoms with Gasteiger partial charge in [-0.1, -0.05) is 6.07 Å². The smallest absolute Gasteiger partial charge is 0.191 e. The number of halogens is 2. The van der Waals surface area contributed by atoms with Gasteiger partial charge in [0.2, 0.25) is 0 Å². The van der Waals surface area contributed by atoms with Crippen molar-refractivity contribution < 1.29 is 12.8 Å². The third kappa shape index (κ3) is 7.87.